The molecule has 6 atom stereocenters. The lowest BCUT2D eigenvalue weighted by Crippen LogP contribution is -2.43. The van der Waals surface area contributed by atoms with Crippen molar-refractivity contribution >= 4 is 25.8 Å². The predicted molar refractivity (Wildman–Crippen MR) is 103 cm³/mol. The van der Waals surface area contributed by atoms with E-state index in [1.165, 1.54) is 6.42 Å². The lowest BCUT2D eigenvalue weighted by molar-refractivity contribution is -0.126. The van der Waals surface area contributed by atoms with E-state index >= 15 is 0 Å². The molecule has 0 rings (SSSR count). The molecular formula is C17H37BN2OS. The Labute approximate surface area is 144 Å². The second-order valence-corrected chi connectivity index (χ2v) is 9.10. The van der Waals surface area contributed by atoms with Crippen molar-refractivity contribution in [2.45, 2.75) is 84.9 Å². The van der Waals surface area contributed by atoms with Crippen LogP contribution in [0.3, 0.4) is 0 Å². The summed E-state index contributed by atoms with van der Waals surface area (Å²) >= 11 is 4.60. The van der Waals surface area contributed by atoms with Crippen LogP contribution in [0, 0.1) is 17.3 Å². The Morgan fingerprint density at radius 2 is 1.68 bits per heavy atom. The van der Waals surface area contributed by atoms with Crippen molar-refractivity contribution < 1.29 is 4.79 Å². The van der Waals surface area contributed by atoms with Gasteiger partial charge in [-0.05, 0) is 24.1 Å². The molecule has 130 valence electrons. The highest BCUT2D eigenvalue weighted by molar-refractivity contribution is 7.81. The molecule has 0 heterocycles. The second kappa shape index (κ2) is 9.22. The Balaban J connectivity index is 4.41. The maximum atomic E-state index is 12.3. The fraction of sp³-hybridized carbons (Fsp3) is 0.941. The van der Waals surface area contributed by atoms with Gasteiger partial charge in [-0.1, -0.05) is 60.7 Å². The van der Waals surface area contributed by atoms with Crippen molar-refractivity contribution in [3.63, 3.8) is 0 Å². The van der Waals surface area contributed by atoms with Gasteiger partial charge >= 0.3 is 0 Å². The van der Waals surface area contributed by atoms with Crippen LogP contribution < -0.4 is 11.1 Å². The molecule has 0 aliphatic rings. The summed E-state index contributed by atoms with van der Waals surface area (Å²) in [5, 5.41) is 2.95. The van der Waals surface area contributed by atoms with Gasteiger partial charge in [-0.3, -0.25) is 4.79 Å². The monoisotopic (exact) mass is 328 g/mol. The van der Waals surface area contributed by atoms with Crippen LogP contribution in [0.2, 0.25) is 11.6 Å². The average molecular weight is 328 g/mol. The minimum Gasteiger partial charge on any atom is -0.345 e. The van der Waals surface area contributed by atoms with E-state index in [-0.39, 0.29) is 29.2 Å². The van der Waals surface area contributed by atoms with Gasteiger partial charge in [0, 0.05) is 12.0 Å². The van der Waals surface area contributed by atoms with Crippen molar-refractivity contribution in [3.05, 3.63) is 0 Å². The molecule has 0 aromatic rings. The molecule has 1 amide bonds. The van der Waals surface area contributed by atoms with Gasteiger partial charge in [-0.15, -0.1) is 0 Å². The minimum absolute atomic E-state index is 0.0170. The standard InChI is InChI=1S/C17H37BN2OS/c1-10(9-17(6,7)8)18-13(4)16(22)20-15(21)12(3)11(2)14(5)19/h10-14,16,18,22H,9,19H2,1-8H3,(H,20,21). The van der Waals surface area contributed by atoms with Crippen LogP contribution in [0.1, 0.15) is 61.8 Å². The molecule has 6 unspecified atom stereocenters. The Bertz CT molecular complexity index is 344. The summed E-state index contributed by atoms with van der Waals surface area (Å²) in [5.74, 6) is 1.11. The zero-order chi connectivity index (χ0) is 17.7. The number of hydrogen-bond acceptors (Lipinski definition) is 3. The molecule has 0 radical (unpaired) electrons. The van der Waals surface area contributed by atoms with E-state index in [1.807, 2.05) is 20.8 Å². The number of amides is 1. The van der Waals surface area contributed by atoms with E-state index in [4.69, 9.17) is 5.73 Å². The third kappa shape index (κ3) is 8.47. The number of thiol groups is 1. The van der Waals surface area contributed by atoms with Crippen LogP contribution >= 0.6 is 12.6 Å². The van der Waals surface area contributed by atoms with Gasteiger partial charge in [0.25, 0.3) is 0 Å². The first-order valence-electron chi connectivity index (χ1n) is 8.59. The highest BCUT2D eigenvalue weighted by atomic mass is 32.1. The van der Waals surface area contributed by atoms with Crippen molar-refractivity contribution in [1.29, 1.82) is 0 Å². The van der Waals surface area contributed by atoms with E-state index in [0.717, 1.165) is 7.28 Å². The fourth-order valence-corrected chi connectivity index (χ4v) is 3.25. The Morgan fingerprint density at radius 1 is 1.18 bits per heavy atom. The van der Waals surface area contributed by atoms with E-state index in [2.05, 4.69) is 52.6 Å². The molecule has 0 aromatic carbocycles. The van der Waals surface area contributed by atoms with Crippen LogP contribution in [0.15, 0.2) is 0 Å². The molecule has 0 spiro atoms. The van der Waals surface area contributed by atoms with Gasteiger partial charge in [0.2, 0.25) is 5.91 Å². The number of rotatable bonds is 8. The van der Waals surface area contributed by atoms with Crippen LogP contribution in [-0.4, -0.2) is 24.6 Å². The zero-order valence-corrected chi connectivity index (χ0v) is 16.7. The molecule has 5 heteroatoms. The van der Waals surface area contributed by atoms with Gasteiger partial charge < -0.3 is 11.1 Å². The van der Waals surface area contributed by atoms with Crippen molar-refractivity contribution in [2.75, 3.05) is 0 Å². The van der Waals surface area contributed by atoms with Gasteiger partial charge in [0.05, 0.1) is 5.37 Å². The second-order valence-electron chi connectivity index (χ2n) is 8.54. The number of carbonyl (C=O) groups excluding carboxylic acids is 1. The van der Waals surface area contributed by atoms with Crippen molar-refractivity contribution in [2.24, 2.45) is 23.0 Å². The van der Waals surface area contributed by atoms with Crippen LogP contribution in [0.5, 0.6) is 0 Å². The molecular weight excluding hydrogens is 291 g/mol. The number of nitrogens with two attached hydrogens (primary N) is 1. The summed E-state index contributed by atoms with van der Waals surface area (Å²) < 4.78 is 0. The highest BCUT2D eigenvalue weighted by Gasteiger charge is 2.27. The molecule has 0 fully saturated rings. The number of nitrogens with one attached hydrogen (secondary N) is 1. The van der Waals surface area contributed by atoms with Crippen molar-refractivity contribution in [3.8, 4) is 0 Å². The van der Waals surface area contributed by atoms with E-state index in [1.54, 1.807) is 0 Å². The van der Waals surface area contributed by atoms with E-state index in [0.29, 0.717) is 17.0 Å². The maximum Gasteiger partial charge on any atom is 0.223 e. The average Bonchev–Trinajstić information content (AvgIpc) is 2.33. The SMILES string of the molecule is CC(BC(C)C(S)NC(=O)C(C)C(C)C(C)N)CC(C)(C)C. The lowest BCUT2D eigenvalue weighted by Gasteiger charge is -2.29. The first-order valence-corrected chi connectivity index (χ1v) is 9.10. The van der Waals surface area contributed by atoms with E-state index in [9.17, 15) is 4.79 Å². The highest BCUT2D eigenvalue weighted by Crippen LogP contribution is 2.30. The van der Waals surface area contributed by atoms with Crippen LogP contribution in [-0.2, 0) is 4.79 Å². The summed E-state index contributed by atoms with van der Waals surface area (Å²) in [4.78, 5) is 12.3. The molecule has 3 N–H and O–H groups in total. The molecule has 0 saturated heterocycles. The summed E-state index contributed by atoms with van der Waals surface area (Å²) in [6.07, 6.45) is 1.18. The first-order chi connectivity index (χ1) is 9.85. The van der Waals surface area contributed by atoms with Crippen molar-refractivity contribution in [1.82, 2.24) is 5.32 Å². The largest absolute Gasteiger partial charge is 0.345 e. The van der Waals surface area contributed by atoms with Crippen LogP contribution in [0.25, 0.3) is 0 Å². The van der Waals surface area contributed by atoms with Crippen LogP contribution in [0.4, 0.5) is 0 Å². The number of hydrogen-bond donors (Lipinski definition) is 3. The van der Waals surface area contributed by atoms with Gasteiger partial charge in [-0.2, -0.15) is 12.6 Å². The van der Waals surface area contributed by atoms with Gasteiger partial charge in [0.15, 0.2) is 0 Å². The van der Waals surface area contributed by atoms with Gasteiger partial charge in [-0.25, -0.2) is 0 Å². The molecule has 0 saturated carbocycles. The predicted octanol–water partition coefficient (Wildman–Crippen LogP) is 3.47. The summed E-state index contributed by atoms with van der Waals surface area (Å²) in [6.45, 7) is 17.2. The summed E-state index contributed by atoms with van der Waals surface area (Å²) in [7, 11) is 1.07. The summed E-state index contributed by atoms with van der Waals surface area (Å²) in [5.41, 5.74) is 6.23. The topological polar surface area (TPSA) is 55.1 Å². The molecule has 3 nitrogen and oxygen atoms in total. The summed E-state index contributed by atoms with van der Waals surface area (Å²) in [6, 6.07) is 0.0170. The maximum absolute atomic E-state index is 12.3. The Kier molecular flexibility index (Phi) is 9.15. The quantitative estimate of drug-likeness (QED) is 0.363. The molecule has 0 aromatic heterocycles. The Morgan fingerprint density at radius 3 is 2.09 bits per heavy atom. The fourth-order valence-electron chi connectivity index (χ4n) is 3.01. The smallest absolute Gasteiger partial charge is 0.223 e. The number of carbonyl (C=O) groups is 1. The van der Waals surface area contributed by atoms with Gasteiger partial charge in [0.1, 0.15) is 7.28 Å². The molecule has 22 heavy (non-hydrogen) atoms. The first kappa shape index (κ1) is 21.8. The normalized spacial score (nSPS) is 20.5. The third-order valence-corrected chi connectivity index (χ3v) is 5.23. The third-order valence-electron chi connectivity index (χ3n) is 4.60. The Hall–Kier alpha value is -0.155. The van der Waals surface area contributed by atoms with E-state index < -0.39 is 0 Å². The zero-order valence-electron chi connectivity index (χ0n) is 15.8. The lowest BCUT2D eigenvalue weighted by atomic mass is 9.53. The molecule has 0 bridgehead atoms. The molecule has 0 aliphatic carbocycles. The molecule has 0 aliphatic heterocycles. The minimum atomic E-state index is -0.0994.